The summed E-state index contributed by atoms with van der Waals surface area (Å²) in [6, 6.07) is 0. The Bertz CT molecular complexity index is 76.6. The minimum atomic E-state index is -0.125. The van der Waals surface area contributed by atoms with Crippen molar-refractivity contribution in [3.05, 3.63) is 0 Å². The molecule has 0 atom stereocenters. The van der Waals surface area contributed by atoms with E-state index >= 15 is 0 Å². The van der Waals surface area contributed by atoms with Gasteiger partial charge in [-0.25, -0.2) is 0 Å². The van der Waals surface area contributed by atoms with Crippen LogP contribution in [0, 0.1) is 0 Å². The molecule has 0 unspecified atom stereocenters. The van der Waals surface area contributed by atoms with Gasteiger partial charge in [-0.15, -0.1) is 0 Å². The van der Waals surface area contributed by atoms with Crippen molar-refractivity contribution in [3.63, 3.8) is 0 Å². The molecule has 0 aliphatic heterocycles. The van der Waals surface area contributed by atoms with Gasteiger partial charge in [-0.3, -0.25) is 4.79 Å². The normalized spacial score (nSPS) is 9.50. The lowest BCUT2D eigenvalue weighted by Crippen LogP contribution is -2.09. The van der Waals surface area contributed by atoms with Gasteiger partial charge in [0.05, 0.1) is 6.10 Å². The molecule has 2 heteroatoms. The zero-order valence-corrected chi connectivity index (χ0v) is 5.60. The van der Waals surface area contributed by atoms with Gasteiger partial charge in [0, 0.05) is 6.42 Å². The molecule has 0 aromatic carbocycles. The number of rotatable bonds is 2. The molecule has 0 aliphatic carbocycles. The standard InChI is InChI=1S/C6H12O2/c1-4-6(7)8-5(2)3/h5H,4H2,1-3H3. The van der Waals surface area contributed by atoms with Crippen LogP contribution in [0.3, 0.4) is 0 Å². The van der Waals surface area contributed by atoms with Crippen molar-refractivity contribution in [2.45, 2.75) is 33.3 Å². The number of hydrogen-bond acceptors (Lipinski definition) is 2. The maximum absolute atomic E-state index is 10.4. The largest absolute Gasteiger partial charge is 0.463 e. The van der Waals surface area contributed by atoms with Crippen molar-refractivity contribution in [1.29, 1.82) is 0 Å². The average Bonchev–Trinajstić information content (AvgIpc) is 1.65. The molecule has 0 N–H and O–H groups in total. The van der Waals surface area contributed by atoms with Crippen LogP contribution in [0.4, 0.5) is 0 Å². The fraction of sp³-hybridized carbons (Fsp3) is 0.833. The highest BCUT2D eigenvalue weighted by atomic mass is 16.5. The second-order valence-corrected chi connectivity index (χ2v) is 1.89. The highest BCUT2D eigenvalue weighted by Crippen LogP contribution is 1.90. The molecule has 0 radical (unpaired) electrons. The van der Waals surface area contributed by atoms with Crippen molar-refractivity contribution >= 4 is 5.97 Å². The molecule has 0 rings (SSSR count). The SMILES string of the molecule is CCC(=O)OC(C)C. The molecule has 0 amide bonds. The minimum absolute atomic E-state index is 0.0300. The molecule has 0 fully saturated rings. The Morgan fingerprint density at radius 2 is 2.12 bits per heavy atom. The molecule has 0 aromatic rings. The van der Waals surface area contributed by atoms with Gasteiger partial charge in [0.15, 0.2) is 0 Å². The highest BCUT2D eigenvalue weighted by molar-refractivity contribution is 5.68. The molecule has 0 bridgehead atoms. The molecular weight excluding hydrogens is 104 g/mol. The van der Waals surface area contributed by atoms with E-state index in [2.05, 4.69) is 0 Å². The Balaban J connectivity index is 3.25. The van der Waals surface area contributed by atoms with E-state index in [-0.39, 0.29) is 12.1 Å². The van der Waals surface area contributed by atoms with Crippen LogP contribution in [-0.2, 0) is 9.53 Å². The van der Waals surface area contributed by atoms with Gasteiger partial charge in [-0.1, -0.05) is 6.92 Å². The summed E-state index contributed by atoms with van der Waals surface area (Å²) in [7, 11) is 0. The van der Waals surface area contributed by atoms with Crippen molar-refractivity contribution in [1.82, 2.24) is 0 Å². The van der Waals surface area contributed by atoms with E-state index in [0.29, 0.717) is 6.42 Å². The van der Waals surface area contributed by atoms with Gasteiger partial charge in [-0.05, 0) is 13.8 Å². The number of ether oxygens (including phenoxy) is 1. The fourth-order valence-electron chi connectivity index (χ4n) is 0.346. The molecule has 0 spiro atoms. The van der Waals surface area contributed by atoms with Gasteiger partial charge >= 0.3 is 5.97 Å². The molecule has 0 aromatic heterocycles. The third-order valence-electron chi connectivity index (χ3n) is 0.656. The summed E-state index contributed by atoms with van der Waals surface area (Å²) in [5.41, 5.74) is 0. The molecule has 2 nitrogen and oxygen atoms in total. The molecule has 48 valence electrons. The van der Waals surface area contributed by atoms with Crippen LogP contribution in [0.15, 0.2) is 0 Å². The van der Waals surface area contributed by atoms with Gasteiger partial charge in [0.25, 0.3) is 0 Å². The van der Waals surface area contributed by atoms with Crippen LogP contribution in [0.25, 0.3) is 0 Å². The Labute approximate surface area is 49.8 Å². The van der Waals surface area contributed by atoms with Crippen molar-refractivity contribution < 1.29 is 9.53 Å². The molecule has 0 heterocycles. The van der Waals surface area contributed by atoms with E-state index in [0.717, 1.165) is 0 Å². The lowest BCUT2D eigenvalue weighted by atomic mass is 10.4. The fourth-order valence-corrected chi connectivity index (χ4v) is 0.346. The molecule has 8 heavy (non-hydrogen) atoms. The summed E-state index contributed by atoms with van der Waals surface area (Å²) < 4.78 is 4.76. The van der Waals surface area contributed by atoms with Gasteiger partial charge in [0.1, 0.15) is 0 Å². The van der Waals surface area contributed by atoms with Crippen molar-refractivity contribution in [2.75, 3.05) is 0 Å². The Hall–Kier alpha value is -0.530. The molecular formula is C6H12O2. The van der Waals surface area contributed by atoms with Crippen molar-refractivity contribution in [3.8, 4) is 0 Å². The summed E-state index contributed by atoms with van der Waals surface area (Å²) in [6.45, 7) is 5.46. The number of carbonyl (C=O) groups excluding carboxylic acids is 1. The van der Waals surface area contributed by atoms with E-state index < -0.39 is 0 Å². The first-order valence-corrected chi connectivity index (χ1v) is 2.86. The summed E-state index contributed by atoms with van der Waals surface area (Å²) in [5.74, 6) is -0.125. The minimum Gasteiger partial charge on any atom is -0.463 e. The van der Waals surface area contributed by atoms with E-state index in [4.69, 9.17) is 4.74 Å². The van der Waals surface area contributed by atoms with Crippen LogP contribution in [-0.4, -0.2) is 12.1 Å². The lowest BCUT2D eigenvalue weighted by Gasteiger charge is -2.04. The second kappa shape index (κ2) is 3.47. The summed E-state index contributed by atoms with van der Waals surface area (Å²) in [4.78, 5) is 10.4. The van der Waals surface area contributed by atoms with E-state index in [9.17, 15) is 4.79 Å². The molecule has 0 saturated carbocycles. The van der Waals surface area contributed by atoms with Crippen LogP contribution < -0.4 is 0 Å². The van der Waals surface area contributed by atoms with Crippen LogP contribution >= 0.6 is 0 Å². The van der Waals surface area contributed by atoms with E-state index in [1.807, 2.05) is 13.8 Å². The van der Waals surface area contributed by atoms with Crippen LogP contribution in [0.2, 0.25) is 0 Å². The highest BCUT2D eigenvalue weighted by Gasteiger charge is 1.98. The maximum Gasteiger partial charge on any atom is 0.305 e. The molecule has 0 aliphatic rings. The zero-order chi connectivity index (χ0) is 6.57. The van der Waals surface area contributed by atoms with Gasteiger partial charge in [-0.2, -0.15) is 0 Å². The Kier molecular flexibility index (Phi) is 3.24. The summed E-state index contributed by atoms with van der Waals surface area (Å²) in [6.07, 6.45) is 0.500. The predicted octanol–water partition coefficient (Wildman–Crippen LogP) is 1.35. The van der Waals surface area contributed by atoms with Crippen LogP contribution in [0.1, 0.15) is 27.2 Å². The monoisotopic (exact) mass is 116 g/mol. The van der Waals surface area contributed by atoms with Gasteiger partial charge in [0.2, 0.25) is 0 Å². The third kappa shape index (κ3) is 3.65. The second-order valence-electron chi connectivity index (χ2n) is 1.89. The quantitative estimate of drug-likeness (QED) is 0.509. The number of carbonyl (C=O) groups is 1. The summed E-state index contributed by atoms with van der Waals surface area (Å²) in [5, 5.41) is 0. The maximum atomic E-state index is 10.4. The predicted molar refractivity (Wildman–Crippen MR) is 31.5 cm³/mol. The third-order valence-corrected chi connectivity index (χ3v) is 0.656. The first-order valence-electron chi connectivity index (χ1n) is 2.86. The molecule has 0 saturated heterocycles. The van der Waals surface area contributed by atoms with Crippen LogP contribution in [0.5, 0.6) is 0 Å². The van der Waals surface area contributed by atoms with E-state index in [1.54, 1.807) is 6.92 Å². The Morgan fingerprint density at radius 1 is 1.62 bits per heavy atom. The summed E-state index contributed by atoms with van der Waals surface area (Å²) >= 11 is 0. The first kappa shape index (κ1) is 7.47. The van der Waals surface area contributed by atoms with Crippen molar-refractivity contribution in [2.24, 2.45) is 0 Å². The zero-order valence-electron chi connectivity index (χ0n) is 5.60. The lowest BCUT2D eigenvalue weighted by molar-refractivity contribution is -0.146. The number of esters is 1. The van der Waals surface area contributed by atoms with Gasteiger partial charge < -0.3 is 4.74 Å². The van der Waals surface area contributed by atoms with E-state index in [1.165, 1.54) is 0 Å². The number of hydrogen-bond donors (Lipinski definition) is 0. The Morgan fingerprint density at radius 3 is 2.25 bits per heavy atom. The smallest absolute Gasteiger partial charge is 0.305 e. The first-order chi connectivity index (χ1) is 3.66. The topological polar surface area (TPSA) is 26.3 Å². The average molecular weight is 116 g/mol.